The molecule has 1 rings (SSSR count). The first kappa shape index (κ1) is 20.5. The third-order valence-electron chi connectivity index (χ3n) is 4.64. The molecule has 0 unspecified atom stereocenters. The zero-order valence-electron chi connectivity index (χ0n) is 14.7. The van der Waals surface area contributed by atoms with E-state index in [4.69, 9.17) is 4.74 Å². The van der Waals surface area contributed by atoms with Gasteiger partial charge in [0, 0.05) is 5.20 Å². The molecule has 0 atom stereocenters. The molecular formula is C18H25F3O2Si. The summed E-state index contributed by atoms with van der Waals surface area (Å²) < 4.78 is 45.9. The monoisotopic (exact) mass is 358 g/mol. The maximum absolute atomic E-state index is 13.7. The molecule has 0 spiro atoms. The maximum Gasteiger partial charge on any atom is 0.409 e. The van der Waals surface area contributed by atoms with Crippen molar-refractivity contribution >= 4 is 20.1 Å². The average molecular weight is 358 g/mol. The van der Waals surface area contributed by atoms with Crippen LogP contribution < -0.4 is 0 Å². The SMILES string of the molecule is CCOC(=O)c1ccc(/C=C(\C(F)(F)F)[Si](CC)(CC)CC)cc1. The molecule has 2 nitrogen and oxygen atoms in total. The van der Waals surface area contributed by atoms with Crippen molar-refractivity contribution in [1.82, 2.24) is 0 Å². The molecule has 0 aliphatic carbocycles. The summed E-state index contributed by atoms with van der Waals surface area (Å²) in [5.74, 6) is -0.469. The van der Waals surface area contributed by atoms with Crippen LogP contribution in [0.2, 0.25) is 18.1 Å². The van der Waals surface area contributed by atoms with E-state index in [9.17, 15) is 18.0 Å². The normalized spacial score (nSPS) is 13.0. The standard InChI is InChI=1S/C18H25F3O2Si/c1-5-23-17(22)15-11-9-14(10-12-15)13-16(18(19,20)21)24(6-2,7-3)8-4/h9-13H,5-8H2,1-4H3/b16-13+. The minimum atomic E-state index is -4.33. The van der Waals surface area contributed by atoms with Gasteiger partial charge in [0.1, 0.15) is 0 Å². The lowest BCUT2D eigenvalue weighted by Crippen LogP contribution is -2.41. The average Bonchev–Trinajstić information content (AvgIpc) is 2.55. The van der Waals surface area contributed by atoms with Crippen molar-refractivity contribution in [2.45, 2.75) is 52.0 Å². The summed E-state index contributed by atoms with van der Waals surface area (Å²) in [6, 6.07) is 7.77. The Morgan fingerprint density at radius 2 is 1.54 bits per heavy atom. The molecular weight excluding hydrogens is 333 g/mol. The quantitative estimate of drug-likeness (QED) is 0.451. The molecule has 0 aliphatic rings. The molecule has 0 aliphatic heterocycles. The maximum atomic E-state index is 13.7. The first-order chi connectivity index (χ1) is 11.2. The molecule has 0 fully saturated rings. The molecule has 0 amide bonds. The number of carbonyl (C=O) groups is 1. The predicted molar refractivity (Wildman–Crippen MR) is 93.6 cm³/mol. The molecule has 0 aromatic heterocycles. The van der Waals surface area contributed by atoms with Gasteiger partial charge in [-0.05, 0) is 24.6 Å². The number of rotatable bonds is 7. The van der Waals surface area contributed by atoms with Crippen molar-refractivity contribution in [3.63, 3.8) is 0 Å². The minimum Gasteiger partial charge on any atom is -0.462 e. The molecule has 1 aromatic rings. The Labute approximate surface area is 142 Å². The molecule has 134 valence electrons. The van der Waals surface area contributed by atoms with E-state index in [2.05, 4.69) is 0 Å². The van der Waals surface area contributed by atoms with Crippen LogP contribution in [-0.2, 0) is 4.74 Å². The van der Waals surface area contributed by atoms with Crippen LogP contribution >= 0.6 is 0 Å². The number of halogens is 3. The molecule has 0 radical (unpaired) electrons. The van der Waals surface area contributed by atoms with Crippen LogP contribution in [-0.4, -0.2) is 26.8 Å². The van der Waals surface area contributed by atoms with Crippen molar-refractivity contribution in [2.75, 3.05) is 6.61 Å². The van der Waals surface area contributed by atoms with Gasteiger partial charge in [0.2, 0.25) is 0 Å². The fraction of sp³-hybridized carbons (Fsp3) is 0.500. The molecule has 0 saturated carbocycles. The predicted octanol–water partition coefficient (Wildman–Crippen LogP) is 5.86. The van der Waals surface area contributed by atoms with Crippen molar-refractivity contribution in [1.29, 1.82) is 0 Å². The highest BCUT2D eigenvalue weighted by atomic mass is 28.3. The van der Waals surface area contributed by atoms with Crippen LogP contribution in [0, 0.1) is 0 Å². The Balaban J connectivity index is 3.27. The first-order valence-electron chi connectivity index (χ1n) is 8.30. The van der Waals surface area contributed by atoms with Gasteiger partial charge in [-0.25, -0.2) is 4.79 Å². The van der Waals surface area contributed by atoms with Gasteiger partial charge in [-0.1, -0.05) is 57.1 Å². The number of benzene rings is 1. The second kappa shape index (κ2) is 8.51. The Bertz CT molecular complexity index is 565. The van der Waals surface area contributed by atoms with Crippen molar-refractivity contribution in [3.8, 4) is 0 Å². The van der Waals surface area contributed by atoms with E-state index in [0.29, 0.717) is 29.3 Å². The van der Waals surface area contributed by atoms with E-state index in [1.807, 2.05) is 20.8 Å². The van der Waals surface area contributed by atoms with Crippen LogP contribution in [0.1, 0.15) is 43.6 Å². The van der Waals surface area contributed by atoms with E-state index in [0.717, 1.165) is 0 Å². The fourth-order valence-electron chi connectivity index (χ4n) is 2.95. The topological polar surface area (TPSA) is 26.3 Å². The fourth-order valence-corrected chi connectivity index (χ4v) is 6.67. The number of esters is 1. The van der Waals surface area contributed by atoms with Gasteiger partial charge >= 0.3 is 12.1 Å². The third kappa shape index (κ3) is 4.72. The zero-order chi connectivity index (χ0) is 18.4. The summed E-state index contributed by atoms with van der Waals surface area (Å²) in [5.41, 5.74) is 0.801. The molecule has 0 N–H and O–H groups in total. The summed E-state index contributed by atoms with van der Waals surface area (Å²) in [4.78, 5) is 11.6. The van der Waals surface area contributed by atoms with Gasteiger partial charge in [-0.15, -0.1) is 0 Å². The van der Waals surface area contributed by atoms with E-state index < -0.39 is 20.2 Å². The van der Waals surface area contributed by atoms with E-state index in [1.165, 1.54) is 30.3 Å². The summed E-state index contributed by atoms with van der Waals surface area (Å²) in [6.45, 7) is 7.51. The Morgan fingerprint density at radius 3 is 1.92 bits per heavy atom. The van der Waals surface area contributed by atoms with Crippen LogP contribution in [0.4, 0.5) is 13.2 Å². The third-order valence-corrected chi connectivity index (χ3v) is 10.3. The van der Waals surface area contributed by atoms with Crippen LogP contribution in [0.3, 0.4) is 0 Å². The highest BCUT2D eigenvalue weighted by molar-refractivity contribution is 6.87. The highest BCUT2D eigenvalue weighted by Crippen LogP contribution is 2.40. The molecule has 6 heteroatoms. The zero-order valence-corrected chi connectivity index (χ0v) is 15.7. The van der Waals surface area contributed by atoms with E-state index in [1.54, 1.807) is 6.92 Å². The second-order valence-corrected chi connectivity index (χ2v) is 11.0. The lowest BCUT2D eigenvalue weighted by Gasteiger charge is -2.32. The van der Waals surface area contributed by atoms with E-state index >= 15 is 0 Å². The molecule has 0 saturated heterocycles. The number of ether oxygens (including phenoxy) is 1. The van der Waals surface area contributed by atoms with Gasteiger partial charge in [-0.2, -0.15) is 13.2 Å². The lowest BCUT2D eigenvalue weighted by atomic mass is 10.1. The van der Waals surface area contributed by atoms with Crippen molar-refractivity contribution in [2.24, 2.45) is 0 Å². The van der Waals surface area contributed by atoms with Crippen molar-refractivity contribution < 1.29 is 22.7 Å². The lowest BCUT2D eigenvalue weighted by molar-refractivity contribution is -0.0850. The van der Waals surface area contributed by atoms with Crippen LogP contribution in [0.5, 0.6) is 0 Å². The number of hydrogen-bond acceptors (Lipinski definition) is 2. The smallest absolute Gasteiger partial charge is 0.409 e. The summed E-state index contributed by atoms with van der Waals surface area (Å²) in [6.07, 6.45) is -3.06. The summed E-state index contributed by atoms with van der Waals surface area (Å²) >= 11 is 0. The first-order valence-corrected chi connectivity index (χ1v) is 10.9. The molecule has 0 bridgehead atoms. The molecule has 0 heterocycles. The highest BCUT2D eigenvalue weighted by Gasteiger charge is 2.46. The van der Waals surface area contributed by atoms with E-state index in [-0.39, 0.29) is 11.8 Å². The Morgan fingerprint density at radius 1 is 1.04 bits per heavy atom. The van der Waals surface area contributed by atoms with Crippen LogP contribution in [0.25, 0.3) is 6.08 Å². The van der Waals surface area contributed by atoms with Crippen molar-refractivity contribution in [3.05, 3.63) is 40.6 Å². The van der Waals surface area contributed by atoms with Crippen LogP contribution in [0.15, 0.2) is 29.5 Å². The Hall–Kier alpha value is -1.56. The number of alkyl halides is 3. The number of hydrogen-bond donors (Lipinski definition) is 0. The molecule has 1 aromatic carbocycles. The largest absolute Gasteiger partial charge is 0.462 e. The number of allylic oxidation sites excluding steroid dienone is 1. The van der Waals surface area contributed by atoms with Gasteiger partial charge < -0.3 is 4.74 Å². The Kier molecular flexibility index (Phi) is 7.26. The van der Waals surface area contributed by atoms with Gasteiger partial charge in [0.15, 0.2) is 0 Å². The van der Waals surface area contributed by atoms with Gasteiger partial charge in [0.05, 0.1) is 20.2 Å². The van der Waals surface area contributed by atoms with Gasteiger partial charge in [-0.3, -0.25) is 0 Å². The minimum absolute atomic E-state index is 0.260. The molecule has 24 heavy (non-hydrogen) atoms. The van der Waals surface area contributed by atoms with Gasteiger partial charge in [0.25, 0.3) is 0 Å². The second-order valence-electron chi connectivity index (χ2n) is 5.74. The summed E-state index contributed by atoms with van der Waals surface area (Å²) in [5, 5.41) is -0.369. The number of carbonyl (C=O) groups excluding carboxylic acids is 1. The summed E-state index contributed by atoms with van der Waals surface area (Å²) in [7, 11) is -2.57.